The van der Waals surface area contributed by atoms with Crippen LogP contribution >= 0.6 is 0 Å². The molecule has 2 aliphatic heterocycles. The Morgan fingerprint density at radius 1 is 0.875 bits per heavy atom. The van der Waals surface area contributed by atoms with E-state index in [1.807, 2.05) is 9.80 Å². The number of amides is 4. The Labute approximate surface area is 239 Å². The van der Waals surface area contributed by atoms with Crippen LogP contribution in [0.5, 0.6) is 0 Å². The predicted molar refractivity (Wildman–Crippen MR) is 158 cm³/mol. The number of carbonyl (C=O) groups excluding carboxylic acids is 3. The van der Waals surface area contributed by atoms with Crippen molar-refractivity contribution in [1.82, 2.24) is 24.9 Å². The van der Waals surface area contributed by atoms with Gasteiger partial charge in [0.25, 0.3) is 0 Å². The van der Waals surface area contributed by atoms with Crippen LogP contribution in [0.25, 0.3) is 0 Å². The summed E-state index contributed by atoms with van der Waals surface area (Å²) in [5.74, 6) is 0.257. The number of carbonyl (C=O) groups is 3. The molecule has 0 radical (unpaired) electrons. The van der Waals surface area contributed by atoms with Gasteiger partial charge in [-0.15, -0.1) is 0 Å². The number of likely N-dealkylation sites (tertiary alicyclic amines) is 1. The molecule has 216 valence electrons. The van der Waals surface area contributed by atoms with Gasteiger partial charge >= 0.3 is 6.03 Å². The molecule has 2 aromatic carbocycles. The lowest BCUT2D eigenvalue weighted by Gasteiger charge is -2.49. The van der Waals surface area contributed by atoms with Crippen LogP contribution in [-0.2, 0) is 9.59 Å². The highest BCUT2D eigenvalue weighted by atomic mass is 16.2. The summed E-state index contributed by atoms with van der Waals surface area (Å²) in [5.41, 5.74) is 2.51. The van der Waals surface area contributed by atoms with Crippen LogP contribution < -0.4 is 5.32 Å². The molecule has 8 nitrogen and oxygen atoms in total. The van der Waals surface area contributed by atoms with Crippen molar-refractivity contribution in [1.29, 1.82) is 0 Å². The Balaban J connectivity index is 1.55. The Morgan fingerprint density at radius 2 is 1.45 bits per heavy atom. The molecule has 2 aromatic rings. The lowest BCUT2D eigenvalue weighted by molar-refractivity contribution is -0.130. The molecule has 1 N–H and O–H groups in total. The van der Waals surface area contributed by atoms with Gasteiger partial charge < -0.3 is 20.0 Å². The van der Waals surface area contributed by atoms with E-state index in [0.717, 1.165) is 25.9 Å². The van der Waals surface area contributed by atoms with Crippen LogP contribution in [0.2, 0.25) is 0 Å². The van der Waals surface area contributed by atoms with Gasteiger partial charge in [0.2, 0.25) is 11.8 Å². The third kappa shape index (κ3) is 7.22. The van der Waals surface area contributed by atoms with Gasteiger partial charge in [0, 0.05) is 71.7 Å². The molecule has 2 heterocycles. The van der Waals surface area contributed by atoms with Gasteiger partial charge in [0.1, 0.15) is 0 Å². The summed E-state index contributed by atoms with van der Waals surface area (Å²) < 4.78 is 0. The number of urea groups is 1. The summed E-state index contributed by atoms with van der Waals surface area (Å²) in [6.07, 6.45) is 1.50. The van der Waals surface area contributed by atoms with Crippen LogP contribution in [0, 0.1) is 5.92 Å². The summed E-state index contributed by atoms with van der Waals surface area (Å²) >= 11 is 0. The molecular formula is C32H45N5O3. The maximum Gasteiger partial charge on any atom is 0.320 e. The first-order valence-electron chi connectivity index (χ1n) is 14.7. The minimum atomic E-state index is -0.0969. The SMILES string of the molecule is CC(=O)NCCN(C(=O)N1CCN(C(c2ccccc2)c2ccccc2)C[C@@H]1C(C)C)C1CCN(C(C)=O)CC1. The molecule has 0 aromatic heterocycles. The van der Waals surface area contributed by atoms with Crippen molar-refractivity contribution in [2.45, 2.75) is 58.7 Å². The highest BCUT2D eigenvalue weighted by Crippen LogP contribution is 2.32. The van der Waals surface area contributed by atoms with Crippen molar-refractivity contribution >= 4 is 17.8 Å². The largest absolute Gasteiger partial charge is 0.355 e. The maximum absolute atomic E-state index is 14.3. The second kappa shape index (κ2) is 13.8. The van der Waals surface area contributed by atoms with E-state index in [4.69, 9.17) is 0 Å². The number of benzene rings is 2. The number of rotatable bonds is 8. The van der Waals surface area contributed by atoms with Gasteiger partial charge in [-0.2, -0.15) is 0 Å². The van der Waals surface area contributed by atoms with Crippen molar-refractivity contribution in [2.24, 2.45) is 5.92 Å². The van der Waals surface area contributed by atoms with Gasteiger partial charge in [-0.25, -0.2) is 4.79 Å². The van der Waals surface area contributed by atoms with E-state index in [0.29, 0.717) is 32.7 Å². The molecule has 4 rings (SSSR count). The number of nitrogens with one attached hydrogen (secondary N) is 1. The molecule has 4 amide bonds. The molecule has 2 aliphatic rings. The first kappa shape index (κ1) is 29.6. The van der Waals surface area contributed by atoms with E-state index >= 15 is 0 Å². The number of hydrogen-bond donors (Lipinski definition) is 1. The van der Waals surface area contributed by atoms with Crippen molar-refractivity contribution < 1.29 is 14.4 Å². The third-order valence-corrected chi connectivity index (χ3v) is 8.38. The molecule has 0 unspecified atom stereocenters. The number of hydrogen-bond acceptors (Lipinski definition) is 4. The zero-order chi connectivity index (χ0) is 28.6. The Kier molecular flexibility index (Phi) is 10.2. The second-order valence-electron chi connectivity index (χ2n) is 11.4. The fourth-order valence-corrected chi connectivity index (χ4v) is 6.20. The van der Waals surface area contributed by atoms with Crippen LogP contribution in [-0.4, -0.2) is 95.3 Å². The minimum absolute atomic E-state index is 0.0425. The summed E-state index contributed by atoms with van der Waals surface area (Å²) in [6, 6.07) is 21.5. The van der Waals surface area contributed by atoms with Gasteiger partial charge in [0.05, 0.1) is 6.04 Å². The predicted octanol–water partition coefficient (Wildman–Crippen LogP) is 3.99. The monoisotopic (exact) mass is 547 g/mol. The second-order valence-corrected chi connectivity index (χ2v) is 11.4. The molecule has 0 bridgehead atoms. The van der Waals surface area contributed by atoms with Gasteiger partial charge in [-0.05, 0) is 29.9 Å². The molecule has 8 heteroatoms. The van der Waals surface area contributed by atoms with Crippen molar-refractivity contribution in [3.63, 3.8) is 0 Å². The standard InChI is InChI=1S/C32H45N5O3/c1-24(2)30-23-35(31(27-11-7-5-8-12-27)28-13-9-6-10-14-28)21-22-37(30)32(40)36(20-17-33-25(3)38)29-15-18-34(19-16-29)26(4)39/h5-14,24,29-31H,15-23H2,1-4H3,(H,33,38)/t30-/m1/s1. The van der Waals surface area contributed by atoms with Crippen LogP contribution in [0.3, 0.4) is 0 Å². The van der Waals surface area contributed by atoms with E-state index in [1.165, 1.54) is 18.1 Å². The Bertz CT molecular complexity index is 1080. The third-order valence-electron chi connectivity index (χ3n) is 8.38. The highest BCUT2D eigenvalue weighted by Gasteiger charge is 2.39. The first-order chi connectivity index (χ1) is 19.3. The Morgan fingerprint density at radius 3 is 1.95 bits per heavy atom. The van der Waals surface area contributed by atoms with E-state index in [9.17, 15) is 14.4 Å². The smallest absolute Gasteiger partial charge is 0.320 e. The zero-order valence-electron chi connectivity index (χ0n) is 24.5. The average molecular weight is 548 g/mol. The van der Waals surface area contributed by atoms with E-state index < -0.39 is 0 Å². The van der Waals surface area contributed by atoms with Gasteiger partial charge in [0.15, 0.2) is 0 Å². The Hall–Kier alpha value is -3.39. The van der Waals surface area contributed by atoms with Crippen molar-refractivity contribution in [2.75, 3.05) is 45.8 Å². The molecule has 0 spiro atoms. The molecular weight excluding hydrogens is 502 g/mol. The number of piperidine rings is 1. The van der Waals surface area contributed by atoms with Crippen LogP contribution in [0.15, 0.2) is 60.7 Å². The van der Waals surface area contributed by atoms with E-state index in [-0.39, 0.29) is 41.9 Å². The van der Waals surface area contributed by atoms with E-state index in [2.05, 4.69) is 89.6 Å². The van der Waals surface area contributed by atoms with Gasteiger partial charge in [-0.1, -0.05) is 74.5 Å². The van der Waals surface area contributed by atoms with Crippen molar-refractivity contribution in [3.8, 4) is 0 Å². The lowest BCUT2D eigenvalue weighted by atomic mass is 9.93. The average Bonchev–Trinajstić information content (AvgIpc) is 2.96. The summed E-state index contributed by atoms with van der Waals surface area (Å²) in [6.45, 7) is 11.9. The molecule has 40 heavy (non-hydrogen) atoms. The number of piperazine rings is 1. The summed E-state index contributed by atoms with van der Waals surface area (Å²) in [4.78, 5) is 46.2. The molecule has 2 saturated heterocycles. The lowest BCUT2D eigenvalue weighted by Crippen LogP contribution is -2.62. The fourth-order valence-electron chi connectivity index (χ4n) is 6.20. The number of nitrogens with zero attached hydrogens (tertiary/aromatic N) is 4. The summed E-state index contributed by atoms with van der Waals surface area (Å²) in [5, 5.41) is 2.87. The zero-order valence-corrected chi connectivity index (χ0v) is 24.5. The van der Waals surface area contributed by atoms with Crippen LogP contribution in [0.4, 0.5) is 4.79 Å². The van der Waals surface area contributed by atoms with Crippen molar-refractivity contribution in [3.05, 3.63) is 71.8 Å². The maximum atomic E-state index is 14.3. The molecule has 0 saturated carbocycles. The highest BCUT2D eigenvalue weighted by molar-refractivity contribution is 5.76. The topological polar surface area (TPSA) is 76.2 Å². The van der Waals surface area contributed by atoms with Gasteiger partial charge in [-0.3, -0.25) is 14.5 Å². The molecule has 1 atom stereocenters. The first-order valence-corrected chi connectivity index (χ1v) is 14.7. The molecule has 2 fully saturated rings. The molecule has 0 aliphatic carbocycles. The van der Waals surface area contributed by atoms with E-state index in [1.54, 1.807) is 6.92 Å². The minimum Gasteiger partial charge on any atom is -0.355 e. The quantitative estimate of drug-likeness (QED) is 0.542. The normalized spacial score (nSPS) is 18.7. The summed E-state index contributed by atoms with van der Waals surface area (Å²) in [7, 11) is 0. The fraction of sp³-hybridized carbons (Fsp3) is 0.531. The van der Waals surface area contributed by atoms with Crippen LogP contribution in [0.1, 0.15) is 57.7 Å².